The maximum absolute atomic E-state index is 5.46. The first-order valence-electron chi connectivity index (χ1n) is 9.26. The van der Waals surface area contributed by atoms with Crippen LogP contribution in [-0.2, 0) is 12.8 Å². The van der Waals surface area contributed by atoms with Gasteiger partial charge in [0.15, 0.2) is 11.4 Å². The molecular formula is C20H22N4OS. The minimum atomic E-state index is 0.387. The van der Waals surface area contributed by atoms with Gasteiger partial charge in [-0.25, -0.2) is 14.5 Å². The van der Waals surface area contributed by atoms with E-state index in [-0.39, 0.29) is 0 Å². The van der Waals surface area contributed by atoms with Gasteiger partial charge in [-0.2, -0.15) is 0 Å². The zero-order valence-electron chi connectivity index (χ0n) is 15.3. The average Bonchev–Trinajstić information content (AvgIpc) is 3.36. The lowest BCUT2D eigenvalue weighted by Gasteiger charge is -2.36. The Bertz CT molecular complexity index is 1090. The van der Waals surface area contributed by atoms with Crippen molar-refractivity contribution in [3.63, 3.8) is 0 Å². The van der Waals surface area contributed by atoms with Gasteiger partial charge in [0.25, 0.3) is 0 Å². The summed E-state index contributed by atoms with van der Waals surface area (Å²) < 4.78 is 7.25. The van der Waals surface area contributed by atoms with E-state index in [9.17, 15) is 0 Å². The first kappa shape index (κ1) is 16.0. The third-order valence-electron chi connectivity index (χ3n) is 6.14. The third kappa shape index (κ3) is 2.31. The molecular weight excluding hydrogens is 344 g/mol. The Morgan fingerprint density at radius 3 is 3.04 bits per heavy atom. The second-order valence-corrected chi connectivity index (χ2v) is 8.97. The van der Waals surface area contributed by atoms with Gasteiger partial charge in [0.05, 0.1) is 11.6 Å². The van der Waals surface area contributed by atoms with Gasteiger partial charge in [-0.3, -0.25) is 0 Å². The van der Waals surface area contributed by atoms with Crippen molar-refractivity contribution in [2.45, 2.75) is 46.5 Å². The molecule has 0 saturated heterocycles. The van der Waals surface area contributed by atoms with Gasteiger partial charge in [0.1, 0.15) is 11.2 Å². The van der Waals surface area contributed by atoms with E-state index in [1.165, 1.54) is 28.7 Å². The smallest absolute Gasteiger partial charge is 0.217 e. The standard InChI is InChI=1S/C20H22N4OS/c1-4-20(2,3)12-7-8-13-15(10-12)26-19-16(13)18-22-17(14-6-5-9-25-14)23-24(18)11-21-19/h5-6,9,11-12H,4,7-8,10H2,1-3H3/t12-/m0/s1. The van der Waals surface area contributed by atoms with Crippen LogP contribution in [-0.4, -0.2) is 19.6 Å². The van der Waals surface area contributed by atoms with Crippen molar-refractivity contribution in [3.8, 4) is 11.6 Å². The van der Waals surface area contributed by atoms with Crippen LogP contribution in [0.4, 0.5) is 0 Å². The van der Waals surface area contributed by atoms with Crippen LogP contribution in [0.5, 0.6) is 0 Å². The zero-order chi connectivity index (χ0) is 17.9. The fraction of sp³-hybridized carbons (Fsp3) is 0.450. The van der Waals surface area contributed by atoms with Gasteiger partial charge in [-0.15, -0.1) is 16.4 Å². The molecule has 134 valence electrons. The largest absolute Gasteiger partial charge is 0.461 e. The number of rotatable bonds is 3. The molecule has 1 atom stereocenters. The number of thiophene rings is 1. The van der Waals surface area contributed by atoms with Crippen molar-refractivity contribution >= 4 is 27.2 Å². The topological polar surface area (TPSA) is 56.2 Å². The predicted molar refractivity (Wildman–Crippen MR) is 103 cm³/mol. The Kier molecular flexibility index (Phi) is 3.47. The first-order chi connectivity index (χ1) is 12.6. The summed E-state index contributed by atoms with van der Waals surface area (Å²) in [6.45, 7) is 7.11. The minimum absolute atomic E-state index is 0.387. The molecule has 1 aliphatic rings. The van der Waals surface area contributed by atoms with Crippen LogP contribution >= 0.6 is 11.3 Å². The van der Waals surface area contributed by atoms with Crippen LogP contribution in [0.3, 0.4) is 0 Å². The van der Waals surface area contributed by atoms with Crippen molar-refractivity contribution in [2.24, 2.45) is 11.3 Å². The summed E-state index contributed by atoms with van der Waals surface area (Å²) in [5.74, 6) is 2.04. The van der Waals surface area contributed by atoms with Crippen molar-refractivity contribution in [1.29, 1.82) is 0 Å². The highest BCUT2D eigenvalue weighted by atomic mass is 32.1. The van der Waals surface area contributed by atoms with E-state index < -0.39 is 0 Å². The number of hydrogen-bond acceptors (Lipinski definition) is 5. The maximum Gasteiger partial charge on any atom is 0.217 e. The van der Waals surface area contributed by atoms with Crippen LogP contribution in [0.15, 0.2) is 29.1 Å². The van der Waals surface area contributed by atoms with Crippen LogP contribution < -0.4 is 0 Å². The second kappa shape index (κ2) is 5.64. The molecule has 4 aromatic rings. The number of nitrogens with zero attached hydrogens (tertiary/aromatic N) is 4. The molecule has 0 amide bonds. The fourth-order valence-corrected chi connectivity index (χ4v) is 5.30. The Morgan fingerprint density at radius 1 is 1.38 bits per heavy atom. The summed E-state index contributed by atoms with van der Waals surface area (Å²) in [6.07, 6.45) is 8.14. The number of hydrogen-bond donors (Lipinski definition) is 0. The van der Waals surface area contributed by atoms with Crippen molar-refractivity contribution < 1.29 is 4.42 Å². The molecule has 1 aliphatic carbocycles. The quantitative estimate of drug-likeness (QED) is 0.504. The molecule has 0 spiro atoms. The van der Waals surface area contributed by atoms with E-state index in [4.69, 9.17) is 9.40 Å². The molecule has 0 saturated carbocycles. The summed E-state index contributed by atoms with van der Waals surface area (Å²) in [7, 11) is 0. The van der Waals surface area contributed by atoms with Gasteiger partial charge in [-0.05, 0) is 48.3 Å². The molecule has 0 bridgehead atoms. The second-order valence-electron chi connectivity index (χ2n) is 7.89. The summed E-state index contributed by atoms with van der Waals surface area (Å²) in [5.41, 5.74) is 2.72. The lowest BCUT2D eigenvalue weighted by atomic mass is 9.70. The van der Waals surface area contributed by atoms with Gasteiger partial charge in [-0.1, -0.05) is 27.2 Å². The Labute approximate surface area is 156 Å². The Hall–Kier alpha value is -2.21. The molecule has 0 aromatic carbocycles. The summed E-state index contributed by atoms with van der Waals surface area (Å²) in [6, 6.07) is 3.75. The fourth-order valence-electron chi connectivity index (χ4n) is 4.04. The van der Waals surface area contributed by atoms with Crippen molar-refractivity contribution in [3.05, 3.63) is 35.2 Å². The average molecular weight is 366 g/mol. The van der Waals surface area contributed by atoms with E-state index >= 15 is 0 Å². The molecule has 0 unspecified atom stereocenters. The predicted octanol–water partition coefficient (Wildman–Crippen LogP) is 5.14. The van der Waals surface area contributed by atoms with Crippen LogP contribution in [0.1, 0.15) is 44.1 Å². The van der Waals surface area contributed by atoms with E-state index in [1.54, 1.807) is 17.1 Å². The normalized spacial score (nSPS) is 17.9. The molecule has 4 aromatic heterocycles. The number of aryl methyl sites for hydroxylation is 1. The van der Waals surface area contributed by atoms with Gasteiger partial charge in [0.2, 0.25) is 5.82 Å². The van der Waals surface area contributed by atoms with E-state index in [0.717, 1.165) is 29.2 Å². The Balaban J connectivity index is 1.65. The minimum Gasteiger partial charge on any atom is -0.461 e. The van der Waals surface area contributed by atoms with Gasteiger partial charge in [0, 0.05) is 4.88 Å². The third-order valence-corrected chi connectivity index (χ3v) is 7.31. The molecule has 0 aliphatic heterocycles. The lowest BCUT2D eigenvalue weighted by molar-refractivity contribution is 0.184. The van der Waals surface area contributed by atoms with Gasteiger partial charge >= 0.3 is 0 Å². The molecule has 26 heavy (non-hydrogen) atoms. The van der Waals surface area contributed by atoms with Crippen LogP contribution in [0, 0.1) is 11.3 Å². The SMILES string of the molecule is CCC(C)(C)[C@H]1CCc2c(sc3ncn4nc(-c5ccco5)nc4c23)C1. The van der Waals surface area contributed by atoms with E-state index in [1.807, 2.05) is 23.5 Å². The summed E-state index contributed by atoms with van der Waals surface area (Å²) in [4.78, 5) is 12.0. The molecule has 0 fully saturated rings. The highest BCUT2D eigenvalue weighted by molar-refractivity contribution is 7.19. The van der Waals surface area contributed by atoms with Crippen molar-refractivity contribution in [2.75, 3.05) is 0 Å². The highest BCUT2D eigenvalue weighted by Gasteiger charge is 2.33. The maximum atomic E-state index is 5.46. The first-order valence-corrected chi connectivity index (χ1v) is 10.1. The van der Waals surface area contributed by atoms with Crippen LogP contribution in [0.2, 0.25) is 0 Å². The number of furan rings is 1. The highest BCUT2D eigenvalue weighted by Crippen LogP contribution is 2.45. The zero-order valence-corrected chi connectivity index (χ0v) is 16.1. The Morgan fingerprint density at radius 2 is 2.27 bits per heavy atom. The van der Waals surface area contributed by atoms with E-state index in [0.29, 0.717) is 17.0 Å². The molecule has 6 heteroatoms. The molecule has 5 rings (SSSR count). The number of aromatic nitrogens is 4. The molecule has 0 radical (unpaired) electrons. The molecule has 5 nitrogen and oxygen atoms in total. The summed E-state index contributed by atoms with van der Waals surface area (Å²) in [5, 5.41) is 5.74. The summed E-state index contributed by atoms with van der Waals surface area (Å²) >= 11 is 1.84. The van der Waals surface area contributed by atoms with Crippen molar-refractivity contribution in [1.82, 2.24) is 19.6 Å². The molecule has 4 heterocycles. The van der Waals surface area contributed by atoms with Gasteiger partial charge < -0.3 is 4.42 Å². The lowest BCUT2D eigenvalue weighted by Crippen LogP contribution is -2.28. The monoisotopic (exact) mass is 366 g/mol. The number of fused-ring (bicyclic) bond motifs is 5. The van der Waals surface area contributed by atoms with Crippen LogP contribution in [0.25, 0.3) is 27.4 Å². The molecule has 0 N–H and O–H groups in total. The van der Waals surface area contributed by atoms with E-state index in [2.05, 4.69) is 30.9 Å².